The minimum atomic E-state index is -0.453. The summed E-state index contributed by atoms with van der Waals surface area (Å²) >= 11 is 0. The highest BCUT2D eigenvalue weighted by Gasteiger charge is 2.10. The third-order valence-electron chi connectivity index (χ3n) is 3.36. The average Bonchev–Trinajstić information content (AvgIpc) is 2.50. The Morgan fingerprint density at radius 3 is 2.64 bits per heavy atom. The van der Waals surface area contributed by atoms with Crippen molar-refractivity contribution >= 4 is 5.91 Å². The van der Waals surface area contributed by atoms with Crippen molar-refractivity contribution in [3.05, 3.63) is 83.7 Å². The van der Waals surface area contributed by atoms with E-state index in [1.165, 1.54) is 6.07 Å². The van der Waals surface area contributed by atoms with E-state index in [4.69, 9.17) is 5.73 Å². The van der Waals surface area contributed by atoms with Crippen LogP contribution in [0.1, 0.15) is 21.5 Å². The molecule has 0 bridgehead atoms. The zero-order chi connectivity index (χ0) is 15.9. The van der Waals surface area contributed by atoms with Crippen LogP contribution in [0.3, 0.4) is 0 Å². The molecular weight excluding hydrogens is 279 g/mol. The Labute approximate surface area is 129 Å². The lowest BCUT2D eigenvalue weighted by atomic mass is 10.1. The predicted molar refractivity (Wildman–Crippen MR) is 85.7 cm³/mol. The molecule has 0 saturated heterocycles. The van der Waals surface area contributed by atoms with Crippen LogP contribution in [0.25, 0.3) is 0 Å². The van der Waals surface area contributed by atoms with Crippen molar-refractivity contribution in [2.45, 2.75) is 13.1 Å². The molecule has 0 fully saturated rings. The maximum Gasteiger partial charge on any atom is 0.248 e. The van der Waals surface area contributed by atoms with Crippen LogP contribution in [0.2, 0.25) is 0 Å². The standard InChI is InChI=1S/C18H19FN2O/c1-2-10-21(13-16-7-3-4-9-17(16)19)12-14-6-5-8-15(11-14)18(20)22/h2-9,11H,1,10,12-13H2,(H2,20,22). The molecule has 0 saturated carbocycles. The minimum absolute atomic E-state index is 0.220. The molecule has 0 aliphatic rings. The van der Waals surface area contributed by atoms with Gasteiger partial charge in [0.2, 0.25) is 5.91 Å². The summed E-state index contributed by atoms with van der Waals surface area (Å²) in [5, 5.41) is 0. The lowest BCUT2D eigenvalue weighted by Crippen LogP contribution is -2.23. The molecule has 3 nitrogen and oxygen atoms in total. The zero-order valence-corrected chi connectivity index (χ0v) is 12.3. The molecule has 0 atom stereocenters. The summed E-state index contributed by atoms with van der Waals surface area (Å²) in [6.45, 7) is 5.42. The number of primary amides is 1. The van der Waals surface area contributed by atoms with Gasteiger partial charge in [0.25, 0.3) is 0 Å². The summed E-state index contributed by atoms with van der Waals surface area (Å²) in [7, 11) is 0. The fourth-order valence-electron chi connectivity index (χ4n) is 2.32. The summed E-state index contributed by atoms with van der Waals surface area (Å²) in [4.78, 5) is 13.3. The number of nitrogens with two attached hydrogens (primary N) is 1. The maximum atomic E-state index is 13.8. The summed E-state index contributed by atoms with van der Waals surface area (Å²) in [6.07, 6.45) is 1.78. The Bertz CT molecular complexity index is 670. The lowest BCUT2D eigenvalue weighted by Gasteiger charge is -2.21. The number of hydrogen-bond donors (Lipinski definition) is 1. The van der Waals surface area contributed by atoms with Crippen molar-refractivity contribution in [2.24, 2.45) is 5.73 Å². The normalized spacial score (nSPS) is 10.6. The Balaban J connectivity index is 2.15. The second-order valence-electron chi connectivity index (χ2n) is 5.11. The number of carbonyl (C=O) groups is 1. The Morgan fingerprint density at radius 2 is 1.95 bits per heavy atom. The van der Waals surface area contributed by atoms with E-state index < -0.39 is 5.91 Å². The number of hydrogen-bond acceptors (Lipinski definition) is 2. The first-order valence-electron chi connectivity index (χ1n) is 7.05. The average molecular weight is 298 g/mol. The van der Waals surface area contributed by atoms with Crippen molar-refractivity contribution in [2.75, 3.05) is 6.54 Å². The first-order valence-corrected chi connectivity index (χ1v) is 7.05. The van der Waals surface area contributed by atoms with E-state index in [2.05, 4.69) is 6.58 Å². The van der Waals surface area contributed by atoms with E-state index in [1.807, 2.05) is 17.0 Å². The van der Waals surface area contributed by atoms with Crippen LogP contribution in [0, 0.1) is 5.82 Å². The lowest BCUT2D eigenvalue weighted by molar-refractivity contribution is 0.1000. The second-order valence-corrected chi connectivity index (χ2v) is 5.11. The van der Waals surface area contributed by atoms with Gasteiger partial charge in [0.05, 0.1) is 0 Å². The molecule has 4 heteroatoms. The maximum absolute atomic E-state index is 13.8. The minimum Gasteiger partial charge on any atom is -0.366 e. The van der Waals surface area contributed by atoms with E-state index in [0.717, 1.165) is 5.56 Å². The Hall–Kier alpha value is -2.46. The van der Waals surface area contributed by atoms with Crippen LogP contribution in [0.4, 0.5) is 4.39 Å². The summed E-state index contributed by atoms with van der Waals surface area (Å²) in [5.41, 5.74) is 7.36. The molecule has 1 amide bonds. The summed E-state index contributed by atoms with van der Waals surface area (Å²) < 4.78 is 13.8. The predicted octanol–water partition coefficient (Wildman–Crippen LogP) is 3.11. The highest BCUT2D eigenvalue weighted by Crippen LogP contribution is 2.14. The van der Waals surface area contributed by atoms with E-state index in [1.54, 1.807) is 36.4 Å². The molecule has 2 aromatic rings. The fraction of sp³-hybridized carbons (Fsp3) is 0.167. The van der Waals surface area contributed by atoms with Crippen molar-refractivity contribution in [3.8, 4) is 0 Å². The number of carbonyl (C=O) groups excluding carboxylic acids is 1. The van der Waals surface area contributed by atoms with Crippen molar-refractivity contribution in [3.63, 3.8) is 0 Å². The Morgan fingerprint density at radius 1 is 1.18 bits per heavy atom. The number of nitrogens with zero attached hydrogens (tertiary/aromatic N) is 1. The molecule has 0 heterocycles. The topological polar surface area (TPSA) is 46.3 Å². The van der Waals surface area contributed by atoms with Crippen molar-refractivity contribution < 1.29 is 9.18 Å². The van der Waals surface area contributed by atoms with Crippen LogP contribution < -0.4 is 5.73 Å². The largest absolute Gasteiger partial charge is 0.366 e. The first kappa shape index (κ1) is 15.9. The van der Waals surface area contributed by atoms with Crippen LogP contribution in [0.15, 0.2) is 61.2 Å². The van der Waals surface area contributed by atoms with Gasteiger partial charge in [-0.1, -0.05) is 36.4 Å². The molecule has 114 valence electrons. The van der Waals surface area contributed by atoms with Crippen molar-refractivity contribution in [1.29, 1.82) is 0 Å². The molecule has 0 aliphatic heterocycles. The molecule has 0 radical (unpaired) electrons. The SMILES string of the molecule is C=CCN(Cc1cccc(C(N)=O)c1)Cc1ccccc1F. The molecule has 2 N–H and O–H groups in total. The van der Waals surface area contributed by atoms with Crippen LogP contribution in [-0.2, 0) is 13.1 Å². The quantitative estimate of drug-likeness (QED) is 0.798. The smallest absolute Gasteiger partial charge is 0.248 e. The van der Waals surface area contributed by atoms with Gasteiger partial charge in [-0.15, -0.1) is 6.58 Å². The van der Waals surface area contributed by atoms with Gasteiger partial charge >= 0.3 is 0 Å². The molecule has 0 aromatic heterocycles. The summed E-state index contributed by atoms with van der Waals surface area (Å²) in [5.74, 6) is -0.673. The molecule has 0 unspecified atom stereocenters. The van der Waals surface area contributed by atoms with Crippen LogP contribution >= 0.6 is 0 Å². The molecular formula is C18H19FN2O. The van der Waals surface area contributed by atoms with Crippen molar-refractivity contribution in [1.82, 2.24) is 4.90 Å². The van der Waals surface area contributed by atoms with Gasteiger partial charge in [-0.05, 0) is 23.8 Å². The van der Waals surface area contributed by atoms with E-state index in [9.17, 15) is 9.18 Å². The van der Waals surface area contributed by atoms with E-state index in [0.29, 0.717) is 30.8 Å². The second kappa shape index (κ2) is 7.52. The fourth-order valence-corrected chi connectivity index (χ4v) is 2.32. The van der Waals surface area contributed by atoms with Crippen LogP contribution in [0.5, 0.6) is 0 Å². The van der Waals surface area contributed by atoms with Gasteiger partial charge in [0.15, 0.2) is 0 Å². The molecule has 2 aromatic carbocycles. The van der Waals surface area contributed by atoms with Crippen LogP contribution in [-0.4, -0.2) is 17.4 Å². The first-order chi connectivity index (χ1) is 10.6. The monoisotopic (exact) mass is 298 g/mol. The van der Waals surface area contributed by atoms with Gasteiger partial charge in [-0.2, -0.15) is 0 Å². The van der Waals surface area contributed by atoms with Gasteiger partial charge in [-0.25, -0.2) is 4.39 Å². The molecule has 0 aliphatic carbocycles. The van der Waals surface area contributed by atoms with Gasteiger partial charge < -0.3 is 5.73 Å². The van der Waals surface area contributed by atoms with Gasteiger partial charge in [0.1, 0.15) is 5.82 Å². The molecule has 0 spiro atoms. The number of halogens is 1. The zero-order valence-electron chi connectivity index (χ0n) is 12.3. The van der Waals surface area contributed by atoms with Gasteiger partial charge in [0, 0.05) is 30.8 Å². The highest BCUT2D eigenvalue weighted by atomic mass is 19.1. The Kier molecular flexibility index (Phi) is 5.44. The van der Waals surface area contributed by atoms with Gasteiger partial charge in [-0.3, -0.25) is 9.69 Å². The molecule has 2 rings (SSSR count). The third kappa shape index (κ3) is 4.27. The summed E-state index contributed by atoms with van der Waals surface area (Å²) in [6, 6.07) is 13.9. The number of benzene rings is 2. The number of rotatable bonds is 7. The van der Waals surface area contributed by atoms with E-state index >= 15 is 0 Å². The van der Waals surface area contributed by atoms with E-state index in [-0.39, 0.29) is 5.82 Å². The highest BCUT2D eigenvalue weighted by molar-refractivity contribution is 5.92. The third-order valence-corrected chi connectivity index (χ3v) is 3.36. The number of amides is 1. The molecule has 22 heavy (non-hydrogen) atoms.